The van der Waals surface area contributed by atoms with Crippen LogP contribution in [0.1, 0.15) is 18.2 Å². The summed E-state index contributed by atoms with van der Waals surface area (Å²) in [4.78, 5) is 14.7. The molecular formula is C17H15N3O5. The third-order valence-electron chi connectivity index (χ3n) is 3.28. The Kier molecular flexibility index (Phi) is 5.53. The molecule has 1 heterocycles. The van der Waals surface area contributed by atoms with Crippen molar-refractivity contribution in [2.24, 2.45) is 0 Å². The second-order valence-electron chi connectivity index (χ2n) is 4.77. The average molecular weight is 341 g/mol. The van der Waals surface area contributed by atoms with Gasteiger partial charge in [0.05, 0.1) is 24.3 Å². The molecule has 8 heteroatoms. The van der Waals surface area contributed by atoms with Crippen LogP contribution < -0.4 is 9.47 Å². The summed E-state index contributed by atoms with van der Waals surface area (Å²) in [7, 11) is 1.29. The summed E-state index contributed by atoms with van der Waals surface area (Å²) in [6, 6.07) is 9.25. The second-order valence-corrected chi connectivity index (χ2v) is 4.77. The zero-order valence-electron chi connectivity index (χ0n) is 13.6. The van der Waals surface area contributed by atoms with Gasteiger partial charge in [-0.1, -0.05) is 6.07 Å². The van der Waals surface area contributed by atoms with E-state index in [1.54, 1.807) is 25.1 Å². The van der Waals surface area contributed by atoms with Gasteiger partial charge in [-0.2, -0.15) is 5.26 Å². The van der Waals surface area contributed by atoms with E-state index in [1.165, 1.54) is 19.4 Å². The lowest BCUT2D eigenvalue weighted by atomic mass is 10.0. The van der Waals surface area contributed by atoms with Crippen LogP contribution in [0.25, 0.3) is 11.3 Å². The van der Waals surface area contributed by atoms with Crippen molar-refractivity contribution in [1.82, 2.24) is 4.98 Å². The molecule has 0 atom stereocenters. The molecule has 0 bridgehead atoms. The Bertz CT molecular complexity index is 857. The van der Waals surface area contributed by atoms with Crippen LogP contribution in [0.15, 0.2) is 36.5 Å². The molecule has 0 spiro atoms. The smallest absolute Gasteiger partial charge is 0.315 e. The zero-order valence-corrected chi connectivity index (χ0v) is 13.6. The number of rotatable bonds is 6. The molecule has 0 aliphatic rings. The molecule has 2 rings (SSSR count). The first-order valence-corrected chi connectivity index (χ1v) is 7.27. The predicted octanol–water partition coefficient (Wildman–Crippen LogP) is 3.35. The standard InChI is InChI=1S/C17H15N3O5/c1-3-25-15-9-11(8-14(20(22)23)17(15)24-2)16(21)12(10-18)13-6-4-5-7-19-13/h4-9,21H,3H2,1-2H3/b16-12-. The first-order valence-electron chi connectivity index (χ1n) is 7.27. The second kappa shape index (κ2) is 7.79. The highest BCUT2D eigenvalue weighted by atomic mass is 16.6. The number of methoxy groups -OCH3 is 1. The van der Waals surface area contributed by atoms with Crippen LogP contribution in [0.3, 0.4) is 0 Å². The first kappa shape index (κ1) is 17.7. The third-order valence-corrected chi connectivity index (χ3v) is 3.28. The summed E-state index contributed by atoms with van der Waals surface area (Å²) >= 11 is 0. The quantitative estimate of drug-likeness (QED) is 0.370. The Hall–Kier alpha value is -3.60. The van der Waals surface area contributed by atoms with Gasteiger partial charge < -0.3 is 14.6 Å². The number of pyridine rings is 1. The van der Waals surface area contributed by atoms with Gasteiger partial charge in [0.25, 0.3) is 0 Å². The van der Waals surface area contributed by atoms with E-state index < -0.39 is 10.7 Å². The average Bonchev–Trinajstić information content (AvgIpc) is 2.62. The largest absolute Gasteiger partial charge is 0.506 e. The Morgan fingerprint density at radius 3 is 2.72 bits per heavy atom. The van der Waals surface area contributed by atoms with Crippen molar-refractivity contribution in [3.8, 4) is 17.6 Å². The van der Waals surface area contributed by atoms with Crippen LogP contribution in [0, 0.1) is 21.4 Å². The number of nitro groups is 1. The van der Waals surface area contributed by atoms with Gasteiger partial charge in [-0.05, 0) is 25.1 Å². The van der Waals surface area contributed by atoms with E-state index in [0.717, 1.165) is 6.07 Å². The fourth-order valence-corrected chi connectivity index (χ4v) is 2.21. The number of aliphatic hydroxyl groups excluding tert-OH is 1. The molecule has 0 saturated heterocycles. The molecule has 0 radical (unpaired) electrons. The van der Waals surface area contributed by atoms with Gasteiger partial charge >= 0.3 is 5.69 Å². The molecule has 0 unspecified atom stereocenters. The van der Waals surface area contributed by atoms with Crippen molar-refractivity contribution in [2.45, 2.75) is 6.92 Å². The van der Waals surface area contributed by atoms with E-state index >= 15 is 0 Å². The van der Waals surface area contributed by atoms with Gasteiger partial charge in [-0.3, -0.25) is 15.1 Å². The number of nitriles is 1. The van der Waals surface area contributed by atoms with Gasteiger partial charge in [0.1, 0.15) is 17.4 Å². The predicted molar refractivity (Wildman–Crippen MR) is 90.1 cm³/mol. The number of hydrogen-bond donors (Lipinski definition) is 1. The summed E-state index contributed by atoms with van der Waals surface area (Å²) < 4.78 is 10.4. The van der Waals surface area contributed by atoms with E-state index in [-0.39, 0.29) is 40.6 Å². The number of nitro benzene ring substituents is 1. The molecule has 0 aliphatic carbocycles. The van der Waals surface area contributed by atoms with Gasteiger partial charge in [-0.15, -0.1) is 0 Å². The number of benzene rings is 1. The van der Waals surface area contributed by atoms with Crippen LogP contribution in [-0.4, -0.2) is 28.7 Å². The molecule has 2 aromatic rings. The molecule has 1 aromatic heterocycles. The number of ether oxygens (including phenoxy) is 2. The van der Waals surface area contributed by atoms with E-state index in [1.807, 2.05) is 6.07 Å². The van der Waals surface area contributed by atoms with Gasteiger partial charge in [0.15, 0.2) is 5.75 Å². The Labute approximate surface area is 143 Å². The monoisotopic (exact) mass is 341 g/mol. The normalized spacial score (nSPS) is 11.2. The summed E-state index contributed by atoms with van der Waals surface area (Å²) in [6.07, 6.45) is 1.47. The maximum absolute atomic E-state index is 11.3. The van der Waals surface area contributed by atoms with Crippen molar-refractivity contribution in [1.29, 1.82) is 5.26 Å². The summed E-state index contributed by atoms with van der Waals surface area (Å²) in [6.45, 7) is 1.95. The topological polar surface area (TPSA) is 119 Å². The number of allylic oxidation sites excluding steroid dienone is 1. The minimum absolute atomic E-state index is 0.0538. The van der Waals surface area contributed by atoms with E-state index in [4.69, 9.17) is 9.47 Å². The van der Waals surface area contributed by atoms with E-state index in [9.17, 15) is 20.5 Å². The first-order chi connectivity index (χ1) is 12.0. The fourth-order valence-electron chi connectivity index (χ4n) is 2.21. The minimum atomic E-state index is -0.648. The van der Waals surface area contributed by atoms with Crippen LogP contribution in [0.2, 0.25) is 0 Å². The van der Waals surface area contributed by atoms with Gasteiger partial charge in [0, 0.05) is 17.8 Å². The van der Waals surface area contributed by atoms with Gasteiger partial charge in [-0.25, -0.2) is 0 Å². The molecule has 0 saturated carbocycles. The van der Waals surface area contributed by atoms with Crippen LogP contribution in [0.4, 0.5) is 5.69 Å². The van der Waals surface area contributed by atoms with Crippen molar-refractivity contribution in [3.63, 3.8) is 0 Å². The molecule has 0 aliphatic heterocycles. The number of hydrogen-bond acceptors (Lipinski definition) is 7. The maximum Gasteiger partial charge on any atom is 0.315 e. The number of aliphatic hydroxyl groups is 1. The molecule has 128 valence electrons. The van der Waals surface area contributed by atoms with Crippen molar-refractivity contribution < 1.29 is 19.5 Å². The minimum Gasteiger partial charge on any atom is -0.506 e. The SMILES string of the molecule is CCOc1cc(/C(O)=C(\C#N)c2ccccn2)cc([N+](=O)[O-])c1OC. The lowest BCUT2D eigenvalue weighted by molar-refractivity contribution is -0.385. The molecule has 0 amide bonds. The lowest BCUT2D eigenvalue weighted by Gasteiger charge is -2.12. The molecule has 8 nitrogen and oxygen atoms in total. The fraction of sp³-hybridized carbons (Fsp3) is 0.176. The number of nitrogens with zero attached hydrogens (tertiary/aromatic N) is 3. The molecule has 1 N–H and O–H groups in total. The van der Waals surface area contributed by atoms with Crippen molar-refractivity contribution in [2.75, 3.05) is 13.7 Å². The zero-order chi connectivity index (χ0) is 18.4. The lowest BCUT2D eigenvalue weighted by Crippen LogP contribution is -2.02. The highest BCUT2D eigenvalue weighted by Crippen LogP contribution is 2.40. The van der Waals surface area contributed by atoms with E-state index in [0.29, 0.717) is 0 Å². The molecule has 1 aromatic carbocycles. The van der Waals surface area contributed by atoms with Crippen LogP contribution >= 0.6 is 0 Å². The van der Waals surface area contributed by atoms with E-state index in [2.05, 4.69) is 4.98 Å². The van der Waals surface area contributed by atoms with Crippen LogP contribution in [-0.2, 0) is 0 Å². The highest BCUT2D eigenvalue weighted by Gasteiger charge is 2.24. The molecular weight excluding hydrogens is 326 g/mol. The van der Waals surface area contributed by atoms with Crippen LogP contribution in [0.5, 0.6) is 11.5 Å². The highest BCUT2D eigenvalue weighted by molar-refractivity contribution is 5.93. The van der Waals surface area contributed by atoms with Gasteiger partial charge in [0.2, 0.25) is 5.75 Å². The number of aromatic nitrogens is 1. The summed E-state index contributed by atoms with van der Waals surface area (Å²) in [5.41, 5.74) is -0.187. The maximum atomic E-state index is 11.3. The third kappa shape index (κ3) is 3.67. The van der Waals surface area contributed by atoms with Crippen molar-refractivity contribution >= 4 is 17.0 Å². The summed E-state index contributed by atoms with van der Waals surface area (Å²) in [5.74, 6) is -0.397. The Balaban J connectivity index is 2.71. The Morgan fingerprint density at radius 1 is 1.44 bits per heavy atom. The molecule has 0 fully saturated rings. The summed E-state index contributed by atoms with van der Waals surface area (Å²) in [5, 5.41) is 31.2. The molecule has 25 heavy (non-hydrogen) atoms. The Morgan fingerprint density at radius 2 is 2.20 bits per heavy atom. The van der Waals surface area contributed by atoms with Crippen molar-refractivity contribution in [3.05, 3.63) is 57.9 Å².